The molecule has 20 heavy (non-hydrogen) atoms. The monoisotopic (exact) mass is 298 g/mol. The molecule has 0 saturated carbocycles. The van der Waals surface area contributed by atoms with Crippen molar-refractivity contribution >= 4 is 8.32 Å². The fraction of sp³-hybridized carbons (Fsp3) is 0.882. The molecule has 0 radical (unpaired) electrons. The Kier molecular flexibility index (Phi) is 6.48. The summed E-state index contributed by atoms with van der Waals surface area (Å²) in [5.74, 6) is 0.337. The van der Waals surface area contributed by atoms with Crippen LogP contribution in [0.1, 0.15) is 59.3 Å². The van der Waals surface area contributed by atoms with E-state index in [2.05, 4.69) is 39.6 Å². The third-order valence-electron chi connectivity index (χ3n) is 4.39. The smallest absolute Gasteiger partial charge is 0.184 e. The van der Waals surface area contributed by atoms with Gasteiger partial charge in [0.1, 0.15) is 0 Å². The van der Waals surface area contributed by atoms with Gasteiger partial charge in [-0.15, -0.1) is 0 Å². The summed E-state index contributed by atoms with van der Waals surface area (Å²) in [7, 11) is -1.53. The lowest BCUT2D eigenvalue weighted by atomic mass is 9.75. The van der Waals surface area contributed by atoms with Crippen LogP contribution < -0.4 is 0 Å². The third kappa shape index (κ3) is 5.70. The molecular formula is C17H34O2Si. The van der Waals surface area contributed by atoms with Crippen molar-refractivity contribution < 1.29 is 9.53 Å². The molecule has 0 aliphatic heterocycles. The van der Waals surface area contributed by atoms with Gasteiger partial charge in [-0.3, -0.25) is 0 Å². The molecule has 1 aliphatic rings. The Morgan fingerprint density at radius 2 is 2.00 bits per heavy atom. The van der Waals surface area contributed by atoms with Gasteiger partial charge < -0.3 is 9.53 Å². The maximum atomic E-state index is 10.8. The molecule has 0 bridgehead atoms. The van der Waals surface area contributed by atoms with Crippen molar-refractivity contribution in [3.8, 4) is 0 Å². The van der Waals surface area contributed by atoms with E-state index in [-0.39, 0.29) is 6.10 Å². The zero-order chi connectivity index (χ0) is 15.4. The van der Waals surface area contributed by atoms with Gasteiger partial charge in [-0.2, -0.15) is 0 Å². The van der Waals surface area contributed by atoms with Gasteiger partial charge in [0.05, 0.1) is 11.7 Å². The van der Waals surface area contributed by atoms with E-state index in [0.717, 1.165) is 25.7 Å². The van der Waals surface area contributed by atoms with Crippen LogP contribution in [0.15, 0.2) is 11.6 Å². The maximum absolute atomic E-state index is 10.8. The van der Waals surface area contributed by atoms with E-state index in [9.17, 15) is 5.11 Å². The van der Waals surface area contributed by atoms with Crippen molar-refractivity contribution in [2.45, 2.75) is 90.6 Å². The summed E-state index contributed by atoms with van der Waals surface area (Å²) < 4.78 is 6.30. The highest BCUT2D eigenvalue weighted by Crippen LogP contribution is 2.37. The average Bonchev–Trinajstić information content (AvgIpc) is 2.30. The summed E-state index contributed by atoms with van der Waals surface area (Å²) >= 11 is 0. The minimum absolute atomic E-state index is 0.220. The van der Waals surface area contributed by atoms with Crippen molar-refractivity contribution in [3.05, 3.63) is 11.6 Å². The van der Waals surface area contributed by atoms with Gasteiger partial charge in [-0.05, 0) is 64.2 Å². The average molecular weight is 299 g/mol. The number of allylic oxidation sites excluding steroid dienone is 1. The molecule has 0 saturated heterocycles. The first-order valence-electron chi connectivity index (χ1n) is 8.22. The van der Waals surface area contributed by atoms with Crippen LogP contribution in [0.3, 0.4) is 0 Å². The molecule has 0 aromatic carbocycles. The number of unbranched alkanes of at least 4 members (excludes halogenated alkanes) is 2. The van der Waals surface area contributed by atoms with E-state index < -0.39 is 13.9 Å². The number of aliphatic hydroxyl groups is 1. The molecule has 0 spiro atoms. The lowest BCUT2D eigenvalue weighted by Gasteiger charge is -2.40. The van der Waals surface area contributed by atoms with Crippen molar-refractivity contribution in [1.82, 2.24) is 0 Å². The van der Waals surface area contributed by atoms with E-state index in [0.29, 0.717) is 5.92 Å². The molecule has 2 nitrogen and oxygen atoms in total. The Balaban J connectivity index is 2.65. The van der Waals surface area contributed by atoms with Gasteiger partial charge >= 0.3 is 0 Å². The SMILES string of the molecule is CCCCCC(C)(O)[C@@H]1CC=C(C)C(O[Si](C)(C)C)C1. The van der Waals surface area contributed by atoms with E-state index in [1.165, 1.54) is 18.4 Å². The highest BCUT2D eigenvalue weighted by atomic mass is 28.4. The van der Waals surface area contributed by atoms with Crippen LogP contribution in [0.5, 0.6) is 0 Å². The molecule has 1 aliphatic carbocycles. The predicted molar refractivity (Wildman–Crippen MR) is 89.5 cm³/mol. The third-order valence-corrected chi connectivity index (χ3v) is 5.38. The van der Waals surface area contributed by atoms with Crippen LogP contribution in [-0.2, 0) is 4.43 Å². The fourth-order valence-corrected chi connectivity index (χ4v) is 4.15. The molecule has 3 atom stereocenters. The standard InChI is InChI=1S/C17H34O2Si/c1-7-8-9-12-17(3,18)15-11-10-14(2)16(13-15)19-20(4,5)6/h10,15-16,18H,7-9,11-13H2,1-6H3/t15-,16?,17?/m1/s1. The zero-order valence-electron chi connectivity index (χ0n) is 14.3. The van der Waals surface area contributed by atoms with Gasteiger partial charge in [0.15, 0.2) is 8.32 Å². The molecule has 0 amide bonds. The molecule has 118 valence electrons. The van der Waals surface area contributed by atoms with E-state index >= 15 is 0 Å². The summed E-state index contributed by atoms with van der Waals surface area (Å²) in [6, 6.07) is 0. The normalized spacial score (nSPS) is 27.1. The summed E-state index contributed by atoms with van der Waals surface area (Å²) in [6.07, 6.45) is 8.95. The van der Waals surface area contributed by atoms with E-state index in [1.807, 2.05) is 6.92 Å². The van der Waals surface area contributed by atoms with Crippen molar-refractivity contribution in [2.24, 2.45) is 5.92 Å². The molecule has 3 heteroatoms. The second kappa shape index (κ2) is 7.23. The van der Waals surface area contributed by atoms with Crippen LogP contribution in [0.4, 0.5) is 0 Å². The van der Waals surface area contributed by atoms with Gasteiger partial charge in [0.2, 0.25) is 0 Å². The first kappa shape index (κ1) is 17.9. The first-order chi connectivity index (χ1) is 9.15. The highest BCUT2D eigenvalue weighted by molar-refractivity contribution is 6.69. The molecule has 1 N–H and O–H groups in total. The molecule has 0 aromatic heterocycles. The molecule has 2 unspecified atom stereocenters. The lowest BCUT2D eigenvalue weighted by molar-refractivity contribution is -0.0276. The summed E-state index contributed by atoms with van der Waals surface area (Å²) in [4.78, 5) is 0. The van der Waals surface area contributed by atoms with E-state index in [1.54, 1.807) is 0 Å². The fourth-order valence-electron chi connectivity index (χ4n) is 3.01. The van der Waals surface area contributed by atoms with Gasteiger partial charge in [-0.25, -0.2) is 0 Å². The van der Waals surface area contributed by atoms with Crippen molar-refractivity contribution in [1.29, 1.82) is 0 Å². The highest BCUT2D eigenvalue weighted by Gasteiger charge is 2.36. The topological polar surface area (TPSA) is 29.5 Å². The Morgan fingerprint density at radius 1 is 1.35 bits per heavy atom. The predicted octanol–water partition coefficient (Wildman–Crippen LogP) is 4.89. The van der Waals surface area contributed by atoms with Crippen LogP contribution in [0.25, 0.3) is 0 Å². The van der Waals surface area contributed by atoms with Crippen molar-refractivity contribution in [3.63, 3.8) is 0 Å². The maximum Gasteiger partial charge on any atom is 0.184 e. The largest absolute Gasteiger partial charge is 0.411 e. The van der Waals surface area contributed by atoms with Crippen LogP contribution in [0.2, 0.25) is 19.6 Å². The van der Waals surface area contributed by atoms with Crippen LogP contribution in [0, 0.1) is 5.92 Å². The van der Waals surface area contributed by atoms with Gasteiger partial charge in [0, 0.05) is 0 Å². The Bertz CT molecular complexity index is 328. The van der Waals surface area contributed by atoms with E-state index in [4.69, 9.17) is 4.43 Å². The summed E-state index contributed by atoms with van der Waals surface area (Å²) in [6.45, 7) is 13.1. The second-order valence-electron chi connectivity index (χ2n) is 7.65. The molecule has 0 heterocycles. The van der Waals surface area contributed by atoms with Gasteiger partial charge in [-0.1, -0.05) is 32.3 Å². The summed E-state index contributed by atoms with van der Waals surface area (Å²) in [5.41, 5.74) is 0.806. The van der Waals surface area contributed by atoms with Crippen LogP contribution in [-0.4, -0.2) is 25.1 Å². The number of hydrogen-bond donors (Lipinski definition) is 1. The minimum Gasteiger partial charge on any atom is -0.411 e. The minimum atomic E-state index is -1.53. The lowest BCUT2D eigenvalue weighted by Crippen LogP contribution is -2.42. The quantitative estimate of drug-likeness (QED) is 0.412. The molecular weight excluding hydrogens is 264 g/mol. The molecule has 0 fully saturated rings. The Hall–Kier alpha value is -0.123. The summed E-state index contributed by atoms with van der Waals surface area (Å²) in [5, 5.41) is 10.8. The number of hydrogen-bond acceptors (Lipinski definition) is 2. The Morgan fingerprint density at radius 3 is 2.55 bits per heavy atom. The number of rotatable bonds is 7. The molecule has 0 aromatic rings. The second-order valence-corrected chi connectivity index (χ2v) is 12.1. The van der Waals surface area contributed by atoms with Gasteiger partial charge in [0.25, 0.3) is 0 Å². The molecule has 1 rings (SSSR count). The Labute approximate surface area is 126 Å². The first-order valence-corrected chi connectivity index (χ1v) is 11.6. The van der Waals surface area contributed by atoms with Crippen molar-refractivity contribution in [2.75, 3.05) is 0 Å². The van der Waals surface area contributed by atoms with Crippen LogP contribution >= 0.6 is 0 Å². The zero-order valence-corrected chi connectivity index (χ0v) is 15.3.